The molecule has 0 fully saturated rings. The van der Waals surface area contributed by atoms with Crippen molar-refractivity contribution < 1.29 is 9.32 Å². The van der Waals surface area contributed by atoms with E-state index < -0.39 is 6.04 Å². The van der Waals surface area contributed by atoms with Crippen molar-refractivity contribution in [2.75, 3.05) is 6.54 Å². The average Bonchev–Trinajstić information content (AvgIpc) is 3.04. The van der Waals surface area contributed by atoms with E-state index in [4.69, 9.17) is 4.52 Å². The first-order valence-electron chi connectivity index (χ1n) is 8.72. The Bertz CT molecular complexity index is 962. The lowest BCUT2D eigenvalue weighted by molar-refractivity contribution is -0.135. The Morgan fingerprint density at radius 2 is 2.00 bits per heavy atom. The molecule has 0 unspecified atom stereocenters. The van der Waals surface area contributed by atoms with Crippen LogP contribution in [0.25, 0.3) is 11.1 Å². The maximum absolute atomic E-state index is 13.1. The summed E-state index contributed by atoms with van der Waals surface area (Å²) in [5.41, 5.74) is 1.42. The molecule has 136 valence electrons. The van der Waals surface area contributed by atoms with E-state index in [-0.39, 0.29) is 17.2 Å². The van der Waals surface area contributed by atoms with E-state index in [1.165, 1.54) is 10.9 Å². The van der Waals surface area contributed by atoms with E-state index >= 15 is 0 Å². The van der Waals surface area contributed by atoms with Gasteiger partial charge in [-0.25, -0.2) is 4.98 Å². The molecule has 0 spiro atoms. The summed E-state index contributed by atoms with van der Waals surface area (Å²) in [4.78, 5) is 31.9. The summed E-state index contributed by atoms with van der Waals surface area (Å²) in [7, 11) is 0. The molecule has 0 aliphatic carbocycles. The highest BCUT2D eigenvalue weighted by Crippen LogP contribution is 2.18. The number of benzene rings is 1. The first-order valence-corrected chi connectivity index (χ1v) is 8.72. The van der Waals surface area contributed by atoms with Crippen LogP contribution in [0.3, 0.4) is 0 Å². The molecule has 7 nitrogen and oxygen atoms in total. The first-order chi connectivity index (χ1) is 12.6. The van der Waals surface area contributed by atoms with Gasteiger partial charge in [0.05, 0.1) is 5.69 Å². The van der Waals surface area contributed by atoms with Gasteiger partial charge >= 0.3 is 0 Å². The topological polar surface area (TPSA) is 81.2 Å². The molecule has 0 saturated heterocycles. The maximum Gasteiger partial charge on any atom is 0.267 e. The number of likely N-dealkylation sites (N-methyl/N-ethyl adjacent to an activating group) is 1. The predicted molar refractivity (Wildman–Crippen MR) is 97.7 cm³/mol. The van der Waals surface area contributed by atoms with E-state index in [0.717, 1.165) is 5.56 Å². The average molecular weight is 354 g/mol. The van der Waals surface area contributed by atoms with Gasteiger partial charge in [-0.1, -0.05) is 42.4 Å². The van der Waals surface area contributed by atoms with Crippen LogP contribution in [-0.4, -0.2) is 32.1 Å². The normalized spacial score (nSPS) is 12.3. The Kier molecular flexibility index (Phi) is 5.16. The first kappa shape index (κ1) is 17.8. The highest BCUT2D eigenvalue weighted by molar-refractivity contribution is 5.81. The molecule has 1 amide bonds. The lowest BCUT2D eigenvalue weighted by Crippen LogP contribution is -2.40. The van der Waals surface area contributed by atoms with Gasteiger partial charge < -0.3 is 9.42 Å². The molecule has 0 aliphatic rings. The third kappa shape index (κ3) is 3.24. The third-order valence-corrected chi connectivity index (χ3v) is 4.51. The molecule has 0 N–H and O–H groups in total. The second kappa shape index (κ2) is 7.51. The Balaban J connectivity index is 1.94. The number of aryl methyl sites for hydroxylation is 1. The van der Waals surface area contributed by atoms with Crippen molar-refractivity contribution in [3.8, 4) is 0 Å². The van der Waals surface area contributed by atoms with Crippen LogP contribution in [0.4, 0.5) is 0 Å². The Morgan fingerprint density at radius 1 is 1.27 bits per heavy atom. The third-order valence-electron chi connectivity index (χ3n) is 4.51. The quantitative estimate of drug-likeness (QED) is 0.680. The molecule has 3 aromatic rings. The van der Waals surface area contributed by atoms with Gasteiger partial charge in [0.2, 0.25) is 5.91 Å². The van der Waals surface area contributed by atoms with Crippen molar-refractivity contribution in [2.24, 2.45) is 0 Å². The Morgan fingerprint density at radius 3 is 2.65 bits per heavy atom. The summed E-state index contributed by atoms with van der Waals surface area (Å²) < 4.78 is 6.43. The van der Waals surface area contributed by atoms with Gasteiger partial charge in [-0.05, 0) is 25.8 Å². The van der Waals surface area contributed by atoms with Crippen LogP contribution in [0, 0.1) is 6.92 Å². The summed E-state index contributed by atoms with van der Waals surface area (Å²) in [6, 6.07) is 9.19. The standard InChI is InChI=1S/C19H22N4O3/c1-4-15(18(24)22(5-2)11-14-9-7-6-8-10-14)23-12-20-17-16(19(23)25)13(3)21-26-17/h6-10,12,15H,4-5,11H2,1-3H3/t15-/m1/s1. The van der Waals surface area contributed by atoms with E-state index in [0.29, 0.717) is 30.6 Å². The van der Waals surface area contributed by atoms with Gasteiger partial charge in [0.15, 0.2) is 0 Å². The van der Waals surface area contributed by atoms with Crippen molar-refractivity contribution in [3.05, 3.63) is 58.3 Å². The maximum atomic E-state index is 13.1. The van der Waals surface area contributed by atoms with Crippen molar-refractivity contribution in [2.45, 2.75) is 39.8 Å². The molecule has 0 aliphatic heterocycles. The van der Waals surface area contributed by atoms with Gasteiger partial charge in [0.1, 0.15) is 17.8 Å². The van der Waals surface area contributed by atoms with Gasteiger partial charge in [0.25, 0.3) is 11.3 Å². The summed E-state index contributed by atoms with van der Waals surface area (Å²) in [5.74, 6) is -0.101. The van der Waals surface area contributed by atoms with Crippen LogP contribution < -0.4 is 5.56 Å². The fraction of sp³-hybridized carbons (Fsp3) is 0.368. The minimum Gasteiger partial charge on any atom is -0.337 e. The molecule has 2 heterocycles. The summed E-state index contributed by atoms with van der Waals surface area (Å²) >= 11 is 0. The predicted octanol–water partition coefficient (Wildman–Crippen LogP) is 2.69. The van der Waals surface area contributed by atoms with Gasteiger partial charge in [-0.15, -0.1) is 0 Å². The van der Waals surface area contributed by atoms with Gasteiger partial charge in [0, 0.05) is 13.1 Å². The molecule has 7 heteroatoms. The molecular formula is C19H22N4O3. The summed E-state index contributed by atoms with van der Waals surface area (Å²) in [5, 5.41) is 4.11. The highest BCUT2D eigenvalue weighted by Gasteiger charge is 2.26. The molecule has 1 aromatic carbocycles. The molecular weight excluding hydrogens is 332 g/mol. The number of carbonyl (C=O) groups excluding carboxylic acids is 1. The number of amides is 1. The monoisotopic (exact) mass is 354 g/mol. The van der Waals surface area contributed by atoms with E-state index in [1.54, 1.807) is 11.8 Å². The summed E-state index contributed by atoms with van der Waals surface area (Å²) in [6.45, 7) is 6.57. The molecule has 26 heavy (non-hydrogen) atoms. The summed E-state index contributed by atoms with van der Waals surface area (Å²) in [6.07, 6.45) is 1.86. The zero-order valence-corrected chi connectivity index (χ0v) is 15.2. The molecule has 0 bridgehead atoms. The van der Waals surface area contributed by atoms with E-state index in [2.05, 4.69) is 10.1 Å². The van der Waals surface area contributed by atoms with Crippen molar-refractivity contribution >= 4 is 17.0 Å². The fourth-order valence-corrected chi connectivity index (χ4v) is 3.06. The Hall–Kier alpha value is -2.96. The van der Waals surface area contributed by atoms with Crippen LogP contribution in [0.5, 0.6) is 0 Å². The lowest BCUT2D eigenvalue weighted by atomic mass is 10.1. The zero-order valence-electron chi connectivity index (χ0n) is 15.2. The number of hydrogen-bond acceptors (Lipinski definition) is 5. The van der Waals surface area contributed by atoms with Crippen LogP contribution in [0.2, 0.25) is 0 Å². The second-order valence-electron chi connectivity index (χ2n) is 6.17. The second-order valence-corrected chi connectivity index (χ2v) is 6.17. The Labute approximate surface area is 151 Å². The number of rotatable bonds is 6. The molecule has 0 saturated carbocycles. The van der Waals surface area contributed by atoms with Crippen LogP contribution in [0.15, 0.2) is 46.0 Å². The van der Waals surface area contributed by atoms with Crippen LogP contribution >= 0.6 is 0 Å². The number of hydrogen-bond donors (Lipinski definition) is 0. The van der Waals surface area contributed by atoms with Crippen molar-refractivity contribution in [3.63, 3.8) is 0 Å². The zero-order chi connectivity index (χ0) is 18.7. The fourth-order valence-electron chi connectivity index (χ4n) is 3.06. The van der Waals surface area contributed by atoms with Crippen LogP contribution in [0.1, 0.15) is 37.6 Å². The molecule has 2 aromatic heterocycles. The molecule has 1 atom stereocenters. The SMILES string of the molecule is CC[C@H](C(=O)N(CC)Cc1ccccc1)n1cnc2onc(C)c2c1=O. The smallest absolute Gasteiger partial charge is 0.267 e. The van der Waals surface area contributed by atoms with Gasteiger partial charge in [-0.3, -0.25) is 14.2 Å². The lowest BCUT2D eigenvalue weighted by Gasteiger charge is -2.26. The van der Waals surface area contributed by atoms with Crippen molar-refractivity contribution in [1.29, 1.82) is 0 Å². The number of nitrogens with zero attached hydrogens (tertiary/aromatic N) is 4. The molecule has 3 rings (SSSR count). The van der Waals surface area contributed by atoms with E-state index in [9.17, 15) is 9.59 Å². The minimum atomic E-state index is -0.614. The van der Waals surface area contributed by atoms with Crippen LogP contribution in [-0.2, 0) is 11.3 Å². The van der Waals surface area contributed by atoms with Crippen molar-refractivity contribution in [1.82, 2.24) is 19.6 Å². The number of fused-ring (bicyclic) bond motifs is 1. The highest BCUT2D eigenvalue weighted by atomic mass is 16.5. The van der Waals surface area contributed by atoms with Gasteiger partial charge in [-0.2, -0.15) is 0 Å². The van der Waals surface area contributed by atoms with E-state index in [1.807, 2.05) is 44.2 Å². The molecule has 0 radical (unpaired) electrons. The largest absolute Gasteiger partial charge is 0.337 e. The number of carbonyl (C=O) groups is 1. The minimum absolute atomic E-state index is 0.101. The number of aromatic nitrogens is 3.